The van der Waals surface area contributed by atoms with Crippen LogP contribution in [0, 0.1) is 11.3 Å². The Morgan fingerprint density at radius 2 is 2.21 bits per heavy atom. The van der Waals surface area contributed by atoms with E-state index >= 15 is 0 Å². The summed E-state index contributed by atoms with van der Waals surface area (Å²) in [5.74, 6) is -0.0143. The van der Waals surface area contributed by atoms with Gasteiger partial charge in [-0.2, -0.15) is 5.26 Å². The lowest BCUT2D eigenvalue weighted by molar-refractivity contribution is -0.116. The Morgan fingerprint density at radius 1 is 1.57 bits per heavy atom. The normalized spacial score (nSPS) is 11.9. The molecule has 2 nitrogen and oxygen atoms in total. The topological polar surface area (TPSA) is 40.9 Å². The molecule has 0 N–H and O–H groups in total. The summed E-state index contributed by atoms with van der Waals surface area (Å²) in [6, 6.07) is 7.42. The Balaban J connectivity index is 3.29. The molecular weight excluding hydrogens is 310 g/mol. The number of carbonyl (C=O) groups is 1. The maximum atomic E-state index is 11.2. The van der Waals surface area contributed by atoms with E-state index in [1.54, 1.807) is 18.2 Å². The molecule has 4 heteroatoms. The van der Waals surface area contributed by atoms with Crippen molar-refractivity contribution in [3.05, 3.63) is 33.8 Å². The maximum Gasteiger partial charge on any atom is 0.147 e. The molecule has 0 saturated heterocycles. The van der Waals surface area contributed by atoms with Gasteiger partial charge in [-0.05, 0) is 34.5 Å². The molecule has 0 aromatic heterocycles. The summed E-state index contributed by atoms with van der Waals surface area (Å²) in [4.78, 5) is 10.7. The number of Topliss-reactive ketones (excluding diaryl/α,β-unsaturated/α-hetero) is 1. The van der Waals surface area contributed by atoms with E-state index in [1.807, 2.05) is 0 Å². The lowest BCUT2D eigenvalue weighted by Crippen LogP contribution is -2.03. The molecule has 1 aromatic carbocycles. The third-order valence-corrected chi connectivity index (χ3v) is 3.59. The lowest BCUT2D eigenvalue weighted by Gasteiger charge is -2.09. The SMILES string of the molecule is CC(=O)C(Br)c1cccc(Br)c1C#N. The molecule has 0 amide bonds. The number of nitrogens with zero attached hydrogens (tertiary/aromatic N) is 1. The number of hydrogen-bond acceptors (Lipinski definition) is 2. The highest BCUT2D eigenvalue weighted by Gasteiger charge is 2.17. The van der Waals surface area contributed by atoms with Gasteiger partial charge in [-0.3, -0.25) is 4.79 Å². The van der Waals surface area contributed by atoms with Crippen LogP contribution >= 0.6 is 31.9 Å². The first-order valence-electron chi connectivity index (χ1n) is 3.91. The molecule has 0 fully saturated rings. The Morgan fingerprint density at radius 3 is 2.71 bits per heavy atom. The van der Waals surface area contributed by atoms with E-state index in [9.17, 15) is 4.79 Å². The third kappa shape index (κ3) is 2.23. The van der Waals surface area contributed by atoms with E-state index in [0.717, 1.165) is 0 Å². The van der Waals surface area contributed by atoms with Crippen molar-refractivity contribution in [2.45, 2.75) is 11.8 Å². The molecule has 0 bridgehead atoms. The van der Waals surface area contributed by atoms with Crippen LogP contribution in [-0.2, 0) is 4.79 Å². The van der Waals surface area contributed by atoms with Gasteiger partial charge in [-0.1, -0.05) is 28.1 Å². The quantitative estimate of drug-likeness (QED) is 0.785. The number of carbonyl (C=O) groups excluding carboxylic acids is 1. The second-order valence-corrected chi connectivity index (χ2v) is 4.56. The molecule has 14 heavy (non-hydrogen) atoms. The molecule has 0 saturated carbocycles. The zero-order chi connectivity index (χ0) is 10.7. The monoisotopic (exact) mass is 315 g/mol. The Bertz CT molecular complexity index is 409. The molecule has 1 atom stereocenters. The second-order valence-electron chi connectivity index (χ2n) is 2.79. The molecule has 0 spiro atoms. The van der Waals surface area contributed by atoms with Gasteiger partial charge in [0, 0.05) is 4.47 Å². The number of halogens is 2. The van der Waals surface area contributed by atoms with Crippen molar-refractivity contribution in [3.63, 3.8) is 0 Å². The number of alkyl halides is 1. The molecule has 0 aliphatic carbocycles. The van der Waals surface area contributed by atoms with Crippen molar-refractivity contribution < 1.29 is 4.79 Å². The molecule has 72 valence electrons. The van der Waals surface area contributed by atoms with Crippen molar-refractivity contribution in [2.24, 2.45) is 0 Å². The fraction of sp³-hybridized carbons (Fsp3) is 0.200. The van der Waals surface area contributed by atoms with Gasteiger partial charge in [0.15, 0.2) is 0 Å². The largest absolute Gasteiger partial charge is 0.298 e. The van der Waals surface area contributed by atoms with Gasteiger partial charge < -0.3 is 0 Å². The van der Waals surface area contributed by atoms with E-state index in [4.69, 9.17) is 5.26 Å². The number of benzene rings is 1. The maximum absolute atomic E-state index is 11.2. The fourth-order valence-corrected chi connectivity index (χ4v) is 1.94. The van der Waals surface area contributed by atoms with Crippen LogP contribution in [-0.4, -0.2) is 5.78 Å². The zero-order valence-corrected chi connectivity index (χ0v) is 10.6. The van der Waals surface area contributed by atoms with Crippen molar-refractivity contribution in [1.29, 1.82) is 5.26 Å². The summed E-state index contributed by atoms with van der Waals surface area (Å²) in [7, 11) is 0. The van der Waals surface area contributed by atoms with Gasteiger partial charge in [-0.15, -0.1) is 0 Å². The van der Waals surface area contributed by atoms with E-state index in [2.05, 4.69) is 37.9 Å². The predicted molar refractivity (Wildman–Crippen MR) is 61.2 cm³/mol. The van der Waals surface area contributed by atoms with Gasteiger partial charge >= 0.3 is 0 Å². The van der Waals surface area contributed by atoms with Crippen molar-refractivity contribution in [1.82, 2.24) is 0 Å². The Kier molecular flexibility index (Phi) is 3.85. The lowest BCUT2D eigenvalue weighted by atomic mass is 10.0. The van der Waals surface area contributed by atoms with E-state index < -0.39 is 4.83 Å². The number of hydrogen-bond donors (Lipinski definition) is 0. The molecule has 0 aliphatic rings. The minimum atomic E-state index is -0.408. The summed E-state index contributed by atoms with van der Waals surface area (Å²) >= 11 is 6.52. The van der Waals surface area contributed by atoms with Gasteiger partial charge in [0.05, 0.1) is 10.4 Å². The minimum absolute atomic E-state index is 0.0143. The van der Waals surface area contributed by atoms with Crippen LogP contribution in [0.1, 0.15) is 22.9 Å². The van der Waals surface area contributed by atoms with Crippen LogP contribution in [0.5, 0.6) is 0 Å². The van der Waals surface area contributed by atoms with Crippen LogP contribution in [0.25, 0.3) is 0 Å². The van der Waals surface area contributed by atoms with E-state index in [1.165, 1.54) is 6.92 Å². The molecule has 1 rings (SSSR count). The Labute approximate surface area is 99.2 Å². The summed E-state index contributed by atoms with van der Waals surface area (Å²) in [5, 5.41) is 8.92. The first-order valence-corrected chi connectivity index (χ1v) is 5.61. The van der Waals surface area contributed by atoms with E-state index in [-0.39, 0.29) is 5.78 Å². The summed E-state index contributed by atoms with van der Waals surface area (Å²) in [5.41, 5.74) is 1.21. The number of rotatable bonds is 2. The summed E-state index contributed by atoms with van der Waals surface area (Å²) in [6.07, 6.45) is 0. The van der Waals surface area contributed by atoms with Crippen LogP contribution in [0.15, 0.2) is 22.7 Å². The van der Waals surface area contributed by atoms with Crippen LogP contribution in [0.4, 0.5) is 0 Å². The highest BCUT2D eigenvalue weighted by atomic mass is 79.9. The van der Waals surface area contributed by atoms with Crippen LogP contribution < -0.4 is 0 Å². The molecular formula is C10H7Br2NO. The average Bonchev–Trinajstić information content (AvgIpc) is 2.16. The number of nitriles is 1. The highest BCUT2D eigenvalue weighted by Crippen LogP contribution is 2.30. The van der Waals surface area contributed by atoms with Gasteiger partial charge in [0.1, 0.15) is 11.9 Å². The third-order valence-electron chi connectivity index (χ3n) is 1.79. The summed E-state index contributed by atoms with van der Waals surface area (Å²) in [6.45, 7) is 1.49. The minimum Gasteiger partial charge on any atom is -0.298 e. The first-order chi connectivity index (χ1) is 6.57. The van der Waals surface area contributed by atoms with Crippen LogP contribution in [0.3, 0.4) is 0 Å². The summed E-state index contributed by atoms with van der Waals surface area (Å²) < 4.78 is 0.711. The fourth-order valence-electron chi connectivity index (χ4n) is 1.09. The van der Waals surface area contributed by atoms with E-state index in [0.29, 0.717) is 15.6 Å². The van der Waals surface area contributed by atoms with Crippen molar-refractivity contribution in [2.75, 3.05) is 0 Å². The van der Waals surface area contributed by atoms with Gasteiger partial charge in [-0.25, -0.2) is 0 Å². The van der Waals surface area contributed by atoms with Crippen molar-refractivity contribution in [3.8, 4) is 6.07 Å². The van der Waals surface area contributed by atoms with Gasteiger partial charge in [0.2, 0.25) is 0 Å². The number of ketones is 1. The highest BCUT2D eigenvalue weighted by molar-refractivity contribution is 9.10. The molecule has 1 aromatic rings. The second kappa shape index (κ2) is 4.72. The molecule has 0 aliphatic heterocycles. The van der Waals surface area contributed by atoms with Crippen molar-refractivity contribution >= 4 is 37.6 Å². The average molecular weight is 317 g/mol. The molecule has 1 unspecified atom stereocenters. The van der Waals surface area contributed by atoms with Gasteiger partial charge in [0.25, 0.3) is 0 Å². The Hall–Kier alpha value is -0.660. The predicted octanol–water partition coefficient (Wildman–Crippen LogP) is 3.35. The standard InChI is InChI=1S/C10H7Br2NO/c1-6(14)10(12)7-3-2-4-9(11)8(7)5-13/h2-4,10H,1H3. The van der Waals surface area contributed by atoms with Crippen LogP contribution in [0.2, 0.25) is 0 Å². The zero-order valence-electron chi connectivity index (χ0n) is 7.42. The molecule has 0 radical (unpaired) electrons. The first kappa shape index (κ1) is 11.4. The molecule has 0 heterocycles. The smallest absolute Gasteiger partial charge is 0.147 e.